The number of benzene rings is 1. The number of rotatable bonds is 6. The molecule has 0 saturated carbocycles. The second-order valence-corrected chi connectivity index (χ2v) is 4.65. The third-order valence-electron chi connectivity index (χ3n) is 2.25. The minimum absolute atomic E-state index is 0.106. The van der Waals surface area contributed by atoms with Gasteiger partial charge < -0.3 is 15.4 Å². The second-order valence-electron chi connectivity index (χ2n) is 3.83. The molecule has 1 aromatic rings. The number of aldehydes is 1. The average molecular weight is 282 g/mol. The maximum absolute atomic E-state index is 11.5. The molecule has 2 unspecified atom stereocenters. The van der Waals surface area contributed by atoms with Crippen LogP contribution in [0.2, 0.25) is 0 Å². The van der Waals surface area contributed by atoms with Crippen LogP contribution >= 0.6 is 9.24 Å². The number of amides is 1. The van der Waals surface area contributed by atoms with Gasteiger partial charge >= 0.3 is 0 Å². The van der Waals surface area contributed by atoms with Gasteiger partial charge in [-0.25, -0.2) is 0 Å². The van der Waals surface area contributed by atoms with Gasteiger partial charge in [-0.15, -0.1) is 9.24 Å². The number of carbonyl (C=O) groups excluding carboxylic acids is 2. The summed E-state index contributed by atoms with van der Waals surface area (Å²) < 4.78 is 0. The van der Waals surface area contributed by atoms with E-state index in [9.17, 15) is 9.59 Å². The molecule has 0 saturated heterocycles. The Bertz CT molecular complexity index is 358. The molecule has 1 rings (SSSR count). The Kier molecular flexibility index (Phi) is 10.8. The van der Waals surface area contributed by atoms with E-state index in [0.29, 0.717) is 12.8 Å². The van der Waals surface area contributed by atoms with Gasteiger partial charge in [0, 0.05) is 19.2 Å². The molecule has 2 atom stereocenters. The lowest BCUT2D eigenvalue weighted by Gasteiger charge is -2.17. The van der Waals surface area contributed by atoms with Crippen molar-refractivity contribution in [2.75, 3.05) is 18.5 Å². The number of likely N-dealkylation sites (N-methyl/N-ethyl adjacent to an activating group) is 1. The standard InChI is InChI=1S/C12H16N2O2.C2H7P/c1-13-12(16)11(8-5-9-15)14-10-6-3-2-4-7-10;1-2-3/h2-4,6-7,9,11,14H,5,8H2,1H3,(H,13,16);2-3H2,1H3. The summed E-state index contributed by atoms with van der Waals surface area (Å²) in [6, 6.07) is 9.10. The van der Waals surface area contributed by atoms with Crippen LogP contribution in [-0.4, -0.2) is 31.4 Å². The molecule has 0 bridgehead atoms. The molecule has 1 aromatic carbocycles. The van der Waals surface area contributed by atoms with E-state index in [1.54, 1.807) is 7.05 Å². The van der Waals surface area contributed by atoms with E-state index in [1.807, 2.05) is 30.3 Å². The molecule has 19 heavy (non-hydrogen) atoms. The van der Waals surface area contributed by atoms with Crippen molar-refractivity contribution in [2.24, 2.45) is 0 Å². The Labute approximate surface area is 117 Å². The highest BCUT2D eigenvalue weighted by Crippen LogP contribution is 2.09. The fraction of sp³-hybridized carbons (Fsp3) is 0.429. The molecule has 2 N–H and O–H groups in total. The highest BCUT2D eigenvalue weighted by molar-refractivity contribution is 7.16. The first-order valence-corrected chi connectivity index (χ1v) is 7.18. The molecular formula is C14H23N2O2P. The van der Waals surface area contributed by atoms with Crippen molar-refractivity contribution in [3.63, 3.8) is 0 Å². The number of anilines is 1. The predicted molar refractivity (Wildman–Crippen MR) is 83.5 cm³/mol. The highest BCUT2D eigenvalue weighted by Gasteiger charge is 2.15. The van der Waals surface area contributed by atoms with Crippen molar-refractivity contribution in [1.82, 2.24) is 5.32 Å². The Balaban J connectivity index is 0.000000982. The molecule has 0 spiro atoms. The van der Waals surface area contributed by atoms with Crippen LogP contribution in [-0.2, 0) is 9.59 Å². The van der Waals surface area contributed by atoms with E-state index in [2.05, 4.69) is 26.8 Å². The zero-order chi connectivity index (χ0) is 14.5. The van der Waals surface area contributed by atoms with Crippen molar-refractivity contribution in [3.05, 3.63) is 30.3 Å². The summed E-state index contributed by atoms with van der Waals surface area (Å²) >= 11 is 0. The summed E-state index contributed by atoms with van der Waals surface area (Å²) in [5.74, 6) is -0.106. The maximum Gasteiger partial charge on any atom is 0.242 e. The van der Waals surface area contributed by atoms with Gasteiger partial charge in [0.25, 0.3) is 0 Å². The summed E-state index contributed by atoms with van der Waals surface area (Å²) in [7, 11) is 4.16. The van der Waals surface area contributed by atoms with Crippen LogP contribution in [0.3, 0.4) is 0 Å². The molecule has 106 valence electrons. The smallest absolute Gasteiger partial charge is 0.242 e. The van der Waals surface area contributed by atoms with E-state index in [4.69, 9.17) is 0 Å². The van der Waals surface area contributed by atoms with Crippen molar-refractivity contribution in [1.29, 1.82) is 0 Å². The molecule has 5 heteroatoms. The quantitative estimate of drug-likeness (QED) is 0.620. The number of hydrogen-bond donors (Lipinski definition) is 2. The highest BCUT2D eigenvalue weighted by atomic mass is 31.0. The van der Waals surface area contributed by atoms with E-state index in [1.165, 1.54) is 6.16 Å². The molecule has 0 fully saturated rings. The molecule has 0 aliphatic carbocycles. The lowest BCUT2D eigenvalue weighted by atomic mass is 10.1. The molecular weight excluding hydrogens is 259 g/mol. The van der Waals surface area contributed by atoms with E-state index in [0.717, 1.165) is 12.0 Å². The Hall–Kier alpha value is -1.41. The van der Waals surface area contributed by atoms with Gasteiger partial charge in [0.2, 0.25) is 5.91 Å². The second kappa shape index (κ2) is 11.7. The molecule has 0 radical (unpaired) electrons. The zero-order valence-electron chi connectivity index (χ0n) is 11.6. The SMILES string of the molecule is CCP.CNC(=O)C(CCC=O)Nc1ccccc1. The van der Waals surface area contributed by atoms with Crippen LogP contribution in [0, 0.1) is 0 Å². The van der Waals surface area contributed by atoms with Crippen LogP contribution in [0.4, 0.5) is 5.69 Å². The molecule has 1 amide bonds. The average Bonchev–Trinajstić information content (AvgIpc) is 2.44. The van der Waals surface area contributed by atoms with Gasteiger partial charge in [0.15, 0.2) is 0 Å². The van der Waals surface area contributed by atoms with Crippen LogP contribution in [0.5, 0.6) is 0 Å². The van der Waals surface area contributed by atoms with Crippen molar-refractivity contribution >= 4 is 27.1 Å². The number of nitrogens with one attached hydrogen (secondary N) is 2. The van der Waals surface area contributed by atoms with Gasteiger partial charge in [0.1, 0.15) is 12.3 Å². The normalized spacial score (nSPS) is 10.7. The monoisotopic (exact) mass is 282 g/mol. The van der Waals surface area contributed by atoms with Crippen molar-refractivity contribution in [2.45, 2.75) is 25.8 Å². The zero-order valence-corrected chi connectivity index (χ0v) is 12.7. The van der Waals surface area contributed by atoms with Crippen molar-refractivity contribution < 1.29 is 9.59 Å². The summed E-state index contributed by atoms with van der Waals surface area (Å²) in [6.45, 7) is 2.09. The van der Waals surface area contributed by atoms with Crippen LogP contribution in [0.25, 0.3) is 0 Å². The summed E-state index contributed by atoms with van der Waals surface area (Å²) in [6.07, 6.45) is 2.86. The summed E-state index contributed by atoms with van der Waals surface area (Å²) in [5.41, 5.74) is 0.877. The number of hydrogen-bond acceptors (Lipinski definition) is 3. The first-order chi connectivity index (χ1) is 9.19. The Morgan fingerprint density at radius 3 is 2.42 bits per heavy atom. The number of para-hydroxylation sites is 1. The fourth-order valence-electron chi connectivity index (χ4n) is 1.41. The third-order valence-corrected chi connectivity index (χ3v) is 2.25. The van der Waals surface area contributed by atoms with Crippen LogP contribution in [0.1, 0.15) is 19.8 Å². The Morgan fingerprint density at radius 1 is 1.37 bits per heavy atom. The van der Waals surface area contributed by atoms with Crippen LogP contribution in [0.15, 0.2) is 30.3 Å². The summed E-state index contributed by atoms with van der Waals surface area (Å²) in [4.78, 5) is 21.8. The molecule has 4 nitrogen and oxygen atoms in total. The Morgan fingerprint density at radius 2 is 1.95 bits per heavy atom. The van der Waals surface area contributed by atoms with Gasteiger partial charge in [-0.2, -0.15) is 0 Å². The van der Waals surface area contributed by atoms with E-state index in [-0.39, 0.29) is 11.9 Å². The molecule has 0 aliphatic rings. The van der Waals surface area contributed by atoms with Gasteiger partial charge in [-0.3, -0.25) is 4.79 Å². The minimum atomic E-state index is -0.363. The largest absolute Gasteiger partial charge is 0.374 e. The van der Waals surface area contributed by atoms with Gasteiger partial charge in [0.05, 0.1) is 0 Å². The first-order valence-electron chi connectivity index (χ1n) is 6.36. The molecule has 0 aromatic heterocycles. The number of carbonyl (C=O) groups is 2. The maximum atomic E-state index is 11.5. The van der Waals surface area contributed by atoms with Gasteiger partial charge in [-0.1, -0.05) is 25.1 Å². The lowest BCUT2D eigenvalue weighted by molar-refractivity contribution is -0.121. The minimum Gasteiger partial charge on any atom is -0.374 e. The van der Waals surface area contributed by atoms with Crippen LogP contribution < -0.4 is 10.6 Å². The molecule has 0 aliphatic heterocycles. The first kappa shape index (κ1) is 17.6. The topological polar surface area (TPSA) is 58.2 Å². The summed E-state index contributed by atoms with van der Waals surface area (Å²) in [5, 5.41) is 5.67. The molecule has 0 heterocycles. The van der Waals surface area contributed by atoms with E-state index < -0.39 is 0 Å². The predicted octanol–water partition coefficient (Wildman–Crippen LogP) is 2.07. The van der Waals surface area contributed by atoms with Gasteiger partial charge in [-0.05, 0) is 24.7 Å². The third kappa shape index (κ3) is 8.33. The van der Waals surface area contributed by atoms with Crippen molar-refractivity contribution in [3.8, 4) is 0 Å². The fourth-order valence-corrected chi connectivity index (χ4v) is 1.41. The lowest BCUT2D eigenvalue weighted by Crippen LogP contribution is -2.37. The van der Waals surface area contributed by atoms with E-state index >= 15 is 0 Å².